The molecule has 0 amide bonds. The van der Waals surface area contributed by atoms with Gasteiger partial charge in [0, 0.05) is 18.0 Å². The molecule has 0 bridgehead atoms. The van der Waals surface area contributed by atoms with Crippen LogP contribution in [0.3, 0.4) is 0 Å². The van der Waals surface area contributed by atoms with Crippen LogP contribution in [0.2, 0.25) is 0 Å². The van der Waals surface area contributed by atoms with Crippen molar-refractivity contribution in [2.75, 3.05) is 32.2 Å². The van der Waals surface area contributed by atoms with Crippen LogP contribution in [0.5, 0.6) is 11.5 Å². The predicted molar refractivity (Wildman–Crippen MR) is 103 cm³/mol. The molecular formula is C20H21N2O2S. The van der Waals surface area contributed by atoms with E-state index in [1.54, 1.807) is 25.6 Å². The summed E-state index contributed by atoms with van der Waals surface area (Å²) < 4.78 is 10.6. The average Bonchev–Trinajstić information content (AvgIpc) is 3.15. The minimum absolute atomic E-state index is 0.612. The lowest BCUT2D eigenvalue weighted by molar-refractivity contribution is 0.355. The molecule has 1 aliphatic rings. The lowest BCUT2D eigenvalue weighted by atomic mass is 10.1. The first-order valence-corrected chi connectivity index (χ1v) is 9.07. The predicted octanol–water partition coefficient (Wildman–Crippen LogP) is 4.63. The first kappa shape index (κ1) is 17.4. The molecule has 0 aliphatic carbocycles. The van der Waals surface area contributed by atoms with Crippen LogP contribution in [-0.4, -0.2) is 27.3 Å². The molecular weight excluding hydrogens is 332 g/mol. The average molecular weight is 353 g/mol. The minimum atomic E-state index is 0.612. The second kappa shape index (κ2) is 8.09. The normalized spacial score (nSPS) is 14.9. The molecule has 1 fully saturated rings. The second-order valence-electron chi connectivity index (χ2n) is 5.77. The van der Waals surface area contributed by atoms with E-state index in [-0.39, 0.29) is 0 Å². The highest BCUT2D eigenvalue weighted by Crippen LogP contribution is 2.33. The first-order chi connectivity index (χ1) is 12.2. The number of rotatable bonds is 5. The van der Waals surface area contributed by atoms with Gasteiger partial charge in [-0.3, -0.25) is 0 Å². The maximum absolute atomic E-state index is 9.59. The van der Waals surface area contributed by atoms with Crippen LogP contribution in [-0.2, 0) is 0 Å². The fraction of sp³-hybridized carbons (Fsp3) is 0.300. The van der Waals surface area contributed by atoms with Gasteiger partial charge in [-0.05, 0) is 61.2 Å². The van der Waals surface area contributed by atoms with Crippen LogP contribution in [0.1, 0.15) is 23.3 Å². The van der Waals surface area contributed by atoms with E-state index in [4.69, 9.17) is 9.47 Å². The molecule has 1 radical (unpaired) electrons. The zero-order chi connectivity index (χ0) is 17.6. The molecule has 25 heavy (non-hydrogen) atoms. The Balaban J connectivity index is 1.86. The van der Waals surface area contributed by atoms with Gasteiger partial charge < -0.3 is 14.4 Å². The molecule has 1 aromatic heterocycles. The van der Waals surface area contributed by atoms with Gasteiger partial charge in [-0.2, -0.15) is 5.26 Å². The lowest BCUT2D eigenvalue weighted by Gasteiger charge is -2.26. The highest BCUT2D eigenvalue weighted by molar-refractivity contribution is 7.17. The third-order valence-corrected chi connectivity index (χ3v) is 5.33. The first-order valence-electron chi connectivity index (χ1n) is 8.26. The Bertz CT molecular complexity index is 798. The van der Waals surface area contributed by atoms with Crippen molar-refractivity contribution in [3.05, 3.63) is 47.2 Å². The molecule has 0 saturated carbocycles. The van der Waals surface area contributed by atoms with Crippen molar-refractivity contribution in [2.45, 2.75) is 12.8 Å². The fourth-order valence-electron chi connectivity index (χ4n) is 2.89. The Hall–Kier alpha value is -2.45. The highest BCUT2D eigenvalue weighted by atomic mass is 32.1. The lowest BCUT2D eigenvalue weighted by Crippen LogP contribution is -2.28. The van der Waals surface area contributed by atoms with Gasteiger partial charge in [0.05, 0.1) is 30.9 Å². The van der Waals surface area contributed by atoms with Crippen molar-refractivity contribution in [2.24, 2.45) is 0 Å². The van der Waals surface area contributed by atoms with Gasteiger partial charge >= 0.3 is 0 Å². The monoisotopic (exact) mass is 353 g/mol. The van der Waals surface area contributed by atoms with E-state index in [9.17, 15) is 5.26 Å². The number of nitrogens with zero attached hydrogens (tertiary/aromatic N) is 2. The summed E-state index contributed by atoms with van der Waals surface area (Å²) in [6, 6.07) is 12.1. The molecule has 2 heterocycles. The van der Waals surface area contributed by atoms with E-state index in [0.29, 0.717) is 17.1 Å². The molecule has 0 N–H and O–H groups in total. The zero-order valence-electron chi connectivity index (χ0n) is 14.5. The number of thiophene rings is 1. The summed E-state index contributed by atoms with van der Waals surface area (Å²) in [6.45, 7) is 2.15. The molecule has 1 aromatic carbocycles. The van der Waals surface area contributed by atoms with E-state index in [2.05, 4.69) is 29.5 Å². The minimum Gasteiger partial charge on any atom is -0.493 e. The number of hydrogen-bond acceptors (Lipinski definition) is 5. The molecule has 0 unspecified atom stereocenters. The Morgan fingerprint density at radius 3 is 2.56 bits per heavy atom. The fourth-order valence-corrected chi connectivity index (χ4v) is 3.89. The molecule has 2 aromatic rings. The summed E-state index contributed by atoms with van der Waals surface area (Å²) in [5, 5.41) is 10.9. The Labute approximate surface area is 152 Å². The van der Waals surface area contributed by atoms with Gasteiger partial charge in [0.1, 0.15) is 0 Å². The molecule has 5 heteroatoms. The molecule has 0 spiro atoms. The van der Waals surface area contributed by atoms with E-state index in [1.165, 1.54) is 5.00 Å². The van der Waals surface area contributed by atoms with Crippen LogP contribution in [0.25, 0.3) is 11.6 Å². The van der Waals surface area contributed by atoms with E-state index in [0.717, 1.165) is 36.4 Å². The van der Waals surface area contributed by atoms with Gasteiger partial charge in [-0.15, -0.1) is 11.3 Å². The summed E-state index contributed by atoms with van der Waals surface area (Å²) >= 11 is 1.72. The molecule has 1 saturated heterocycles. The Kier molecular flexibility index (Phi) is 5.62. The molecule has 129 valence electrons. The molecule has 4 nitrogen and oxygen atoms in total. The number of benzene rings is 1. The number of nitriles is 1. The van der Waals surface area contributed by atoms with Gasteiger partial charge in [0.25, 0.3) is 0 Å². The van der Waals surface area contributed by atoms with Crippen molar-refractivity contribution in [1.82, 2.24) is 0 Å². The van der Waals surface area contributed by atoms with E-state index in [1.807, 2.05) is 24.3 Å². The van der Waals surface area contributed by atoms with Crippen LogP contribution < -0.4 is 14.4 Å². The maximum Gasteiger partial charge on any atom is 0.161 e. The van der Waals surface area contributed by atoms with Gasteiger partial charge in [-0.25, -0.2) is 0 Å². The standard InChI is InChI=1S/C20H21N2O2S/c1-23-18-8-6-15(13-19(18)24-2)16(14-21)12-17-7-9-20(25-17)22-10-4-3-5-11-22/h3,6-9,12-13H,4-5,10-11H2,1-2H3. The second-order valence-corrected chi connectivity index (χ2v) is 6.86. The van der Waals surface area contributed by atoms with Crippen molar-refractivity contribution < 1.29 is 9.47 Å². The summed E-state index contributed by atoms with van der Waals surface area (Å²) in [5.74, 6) is 1.28. The van der Waals surface area contributed by atoms with Crippen LogP contribution in [0.4, 0.5) is 5.00 Å². The third kappa shape index (κ3) is 3.97. The summed E-state index contributed by atoms with van der Waals surface area (Å²) in [6.07, 6.45) is 6.55. The maximum atomic E-state index is 9.59. The van der Waals surface area contributed by atoms with Crippen molar-refractivity contribution in [3.8, 4) is 17.6 Å². The highest BCUT2D eigenvalue weighted by Gasteiger charge is 2.13. The topological polar surface area (TPSA) is 45.5 Å². The summed E-state index contributed by atoms with van der Waals surface area (Å²) in [5.41, 5.74) is 1.43. The molecule has 1 aliphatic heterocycles. The van der Waals surface area contributed by atoms with Crippen LogP contribution in [0, 0.1) is 17.8 Å². The third-order valence-electron chi connectivity index (χ3n) is 4.23. The molecule has 3 rings (SSSR count). The van der Waals surface area contributed by atoms with Crippen molar-refractivity contribution in [3.63, 3.8) is 0 Å². The largest absolute Gasteiger partial charge is 0.493 e. The number of hydrogen-bond donors (Lipinski definition) is 0. The van der Waals surface area contributed by atoms with Gasteiger partial charge in [-0.1, -0.05) is 0 Å². The number of piperidine rings is 1. The Morgan fingerprint density at radius 1 is 1.12 bits per heavy atom. The number of allylic oxidation sites excluding steroid dienone is 1. The van der Waals surface area contributed by atoms with Gasteiger partial charge in [0.2, 0.25) is 0 Å². The zero-order valence-corrected chi connectivity index (χ0v) is 15.3. The number of methoxy groups -OCH3 is 2. The SMILES string of the molecule is COc1ccc(C(C#N)=Cc2ccc(N3CC[CH]CC3)s2)cc1OC. The number of anilines is 1. The van der Waals surface area contributed by atoms with Crippen LogP contribution >= 0.6 is 11.3 Å². The van der Waals surface area contributed by atoms with Crippen molar-refractivity contribution in [1.29, 1.82) is 5.26 Å². The summed E-state index contributed by atoms with van der Waals surface area (Å²) in [4.78, 5) is 3.49. The summed E-state index contributed by atoms with van der Waals surface area (Å²) in [7, 11) is 3.20. The molecule has 0 atom stereocenters. The van der Waals surface area contributed by atoms with Gasteiger partial charge in [0.15, 0.2) is 11.5 Å². The van der Waals surface area contributed by atoms with Crippen LogP contribution in [0.15, 0.2) is 30.3 Å². The Morgan fingerprint density at radius 2 is 1.88 bits per heavy atom. The quantitative estimate of drug-likeness (QED) is 0.735. The van der Waals surface area contributed by atoms with E-state index < -0.39 is 0 Å². The van der Waals surface area contributed by atoms with Crippen molar-refractivity contribution >= 4 is 28.0 Å². The smallest absolute Gasteiger partial charge is 0.161 e. The number of ether oxygens (including phenoxy) is 2. The van der Waals surface area contributed by atoms with E-state index >= 15 is 0 Å².